The van der Waals surface area contributed by atoms with Crippen molar-refractivity contribution in [1.82, 2.24) is 20.1 Å². The van der Waals surface area contributed by atoms with Gasteiger partial charge in [-0.15, -0.1) is 10.2 Å². The molecule has 0 radical (unpaired) electrons. The molecule has 0 spiro atoms. The van der Waals surface area contributed by atoms with Gasteiger partial charge in [-0.05, 0) is 49.9 Å². The second-order valence-corrected chi connectivity index (χ2v) is 8.57. The molecule has 1 fully saturated rings. The Kier molecular flexibility index (Phi) is 6.00. The van der Waals surface area contributed by atoms with Crippen LogP contribution in [-0.2, 0) is 17.1 Å². The van der Waals surface area contributed by atoms with E-state index in [2.05, 4.69) is 82.5 Å². The lowest BCUT2D eigenvalue weighted by Crippen LogP contribution is -2.34. The topological polar surface area (TPSA) is 59.8 Å². The number of nitrogens with one attached hydrogen (secondary N) is 1. The minimum atomic E-state index is 0.129. The molecule has 1 aromatic heterocycles. The molecule has 0 atom stereocenters. The SMILES string of the molecule is Cc1ccc(-n2c(CNC(=O)C3CCC3)nnc2SCc2ccccc2C)cc1. The van der Waals surface area contributed by atoms with E-state index in [9.17, 15) is 4.79 Å². The van der Waals surface area contributed by atoms with Gasteiger partial charge in [0, 0.05) is 17.4 Å². The predicted octanol–water partition coefficient (Wildman–Crippen LogP) is 4.59. The van der Waals surface area contributed by atoms with Crippen LogP contribution in [0.25, 0.3) is 5.69 Å². The standard InChI is InChI=1S/C23H26N4OS/c1-16-10-12-20(13-11-16)27-21(14-24-22(28)18-8-5-9-18)25-26-23(27)29-15-19-7-4-3-6-17(19)2/h3-4,6-7,10-13,18H,5,8-9,14-15H2,1-2H3,(H,24,28). The highest BCUT2D eigenvalue weighted by molar-refractivity contribution is 7.98. The van der Waals surface area contributed by atoms with Crippen molar-refractivity contribution < 1.29 is 4.79 Å². The van der Waals surface area contributed by atoms with Crippen molar-refractivity contribution in [2.45, 2.75) is 50.6 Å². The van der Waals surface area contributed by atoms with Gasteiger partial charge in [-0.25, -0.2) is 0 Å². The van der Waals surface area contributed by atoms with Crippen molar-refractivity contribution in [3.05, 3.63) is 71.0 Å². The van der Waals surface area contributed by atoms with Gasteiger partial charge in [0.15, 0.2) is 11.0 Å². The van der Waals surface area contributed by atoms with Crippen molar-refractivity contribution in [2.75, 3.05) is 0 Å². The second kappa shape index (κ2) is 8.82. The summed E-state index contributed by atoms with van der Waals surface area (Å²) in [5, 5.41) is 12.7. The van der Waals surface area contributed by atoms with Gasteiger partial charge in [-0.3, -0.25) is 9.36 Å². The first-order chi connectivity index (χ1) is 14.1. The number of rotatable bonds is 7. The van der Waals surface area contributed by atoms with Gasteiger partial charge >= 0.3 is 0 Å². The van der Waals surface area contributed by atoms with E-state index in [1.54, 1.807) is 11.8 Å². The number of benzene rings is 2. The van der Waals surface area contributed by atoms with Crippen LogP contribution in [0.2, 0.25) is 0 Å². The quantitative estimate of drug-likeness (QED) is 0.583. The zero-order chi connectivity index (χ0) is 20.2. The number of nitrogens with zero attached hydrogens (tertiary/aromatic N) is 3. The zero-order valence-corrected chi connectivity index (χ0v) is 17.7. The van der Waals surface area contributed by atoms with Crippen LogP contribution in [0.4, 0.5) is 0 Å². The summed E-state index contributed by atoms with van der Waals surface area (Å²) in [6.07, 6.45) is 3.14. The highest BCUT2D eigenvalue weighted by Crippen LogP contribution is 2.28. The number of carbonyl (C=O) groups is 1. The zero-order valence-electron chi connectivity index (χ0n) is 16.9. The van der Waals surface area contributed by atoms with Crippen molar-refractivity contribution in [2.24, 2.45) is 5.92 Å². The van der Waals surface area contributed by atoms with E-state index in [0.29, 0.717) is 6.54 Å². The van der Waals surface area contributed by atoms with E-state index in [1.165, 1.54) is 16.7 Å². The lowest BCUT2D eigenvalue weighted by molar-refractivity contribution is -0.127. The number of hydrogen-bond acceptors (Lipinski definition) is 4. The average Bonchev–Trinajstić information content (AvgIpc) is 3.08. The van der Waals surface area contributed by atoms with Crippen LogP contribution in [-0.4, -0.2) is 20.7 Å². The maximum Gasteiger partial charge on any atom is 0.223 e. The second-order valence-electron chi connectivity index (χ2n) is 7.63. The fourth-order valence-electron chi connectivity index (χ4n) is 3.36. The minimum Gasteiger partial charge on any atom is -0.349 e. The van der Waals surface area contributed by atoms with Gasteiger partial charge in [-0.2, -0.15) is 0 Å². The van der Waals surface area contributed by atoms with Crippen molar-refractivity contribution >= 4 is 17.7 Å². The fraction of sp³-hybridized carbons (Fsp3) is 0.348. The van der Waals surface area contributed by atoms with Crippen LogP contribution in [0.5, 0.6) is 0 Å². The van der Waals surface area contributed by atoms with Crippen LogP contribution in [0.15, 0.2) is 53.7 Å². The Morgan fingerprint density at radius 1 is 1.10 bits per heavy atom. The van der Waals surface area contributed by atoms with Crippen LogP contribution in [0, 0.1) is 19.8 Å². The third-order valence-corrected chi connectivity index (χ3v) is 6.49. The molecule has 1 aliphatic carbocycles. The highest BCUT2D eigenvalue weighted by atomic mass is 32.2. The van der Waals surface area contributed by atoms with Gasteiger partial charge in [0.05, 0.1) is 6.54 Å². The van der Waals surface area contributed by atoms with E-state index >= 15 is 0 Å². The Morgan fingerprint density at radius 2 is 1.86 bits per heavy atom. The highest BCUT2D eigenvalue weighted by Gasteiger charge is 2.25. The van der Waals surface area contributed by atoms with Gasteiger partial charge in [0.25, 0.3) is 0 Å². The molecular weight excluding hydrogens is 380 g/mol. The summed E-state index contributed by atoms with van der Waals surface area (Å²) in [6, 6.07) is 16.7. The normalized spacial score (nSPS) is 13.9. The maximum atomic E-state index is 12.3. The molecule has 1 heterocycles. The molecule has 4 rings (SSSR count). The molecule has 0 unspecified atom stereocenters. The third-order valence-electron chi connectivity index (χ3n) is 5.51. The molecule has 150 valence electrons. The Hall–Kier alpha value is -2.60. The summed E-state index contributed by atoms with van der Waals surface area (Å²) in [7, 11) is 0. The largest absolute Gasteiger partial charge is 0.349 e. The van der Waals surface area contributed by atoms with E-state index in [-0.39, 0.29) is 11.8 Å². The van der Waals surface area contributed by atoms with E-state index < -0.39 is 0 Å². The number of amides is 1. The van der Waals surface area contributed by atoms with Crippen LogP contribution >= 0.6 is 11.8 Å². The number of hydrogen-bond donors (Lipinski definition) is 1. The molecule has 2 aromatic carbocycles. The summed E-state index contributed by atoms with van der Waals surface area (Å²) in [4.78, 5) is 12.3. The lowest BCUT2D eigenvalue weighted by atomic mass is 9.85. The Labute approximate surface area is 175 Å². The molecule has 1 saturated carbocycles. The molecule has 5 nitrogen and oxygen atoms in total. The molecular formula is C23H26N4OS. The smallest absolute Gasteiger partial charge is 0.223 e. The number of aromatic nitrogens is 3. The summed E-state index contributed by atoms with van der Waals surface area (Å²) >= 11 is 1.67. The monoisotopic (exact) mass is 406 g/mol. The molecule has 3 aromatic rings. The van der Waals surface area contributed by atoms with Crippen LogP contribution in [0.1, 0.15) is 41.8 Å². The molecule has 0 aliphatic heterocycles. The van der Waals surface area contributed by atoms with E-state index in [0.717, 1.165) is 41.7 Å². The van der Waals surface area contributed by atoms with Gasteiger partial charge in [0.2, 0.25) is 5.91 Å². The molecule has 29 heavy (non-hydrogen) atoms. The first-order valence-corrected chi connectivity index (χ1v) is 11.1. The van der Waals surface area contributed by atoms with Crippen LogP contribution < -0.4 is 5.32 Å². The first-order valence-electron chi connectivity index (χ1n) is 10.1. The summed E-state index contributed by atoms with van der Waals surface area (Å²) < 4.78 is 2.06. The molecule has 1 amide bonds. The maximum absolute atomic E-state index is 12.3. The Balaban J connectivity index is 1.56. The molecule has 1 aliphatic rings. The number of carbonyl (C=O) groups excluding carboxylic acids is 1. The Morgan fingerprint density at radius 3 is 2.55 bits per heavy atom. The molecule has 0 saturated heterocycles. The number of thioether (sulfide) groups is 1. The average molecular weight is 407 g/mol. The lowest BCUT2D eigenvalue weighted by Gasteiger charge is -2.24. The summed E-state index contributed by atoms with van der Waals surface area (Å²) in [6.45, 7) is 4.59. The molecule has 1 N–H and O–H groups in total. The Bertz CT molecular complexity index is 992. The van der Waals surface area contributed by atoms with Gasteiger partial charge in [0.1, 0.15) is 0 Å². The van der Waals surface area contributed by atoms with E-state index in [1.807, 2.05) is 0 Å². The van der Waals surface area contributed by atoms with Crippen molar-refractivity contribution in [1.29, 1.82) is 0 Å². The van der Waals surface area contributed by atoms with Crippen molar-refractivity contribution in [3.63, 3.8) is 0 Å². The summed E-state index contributed by atoms with van der Waals surface area (Å²) in [5.74, 6) is 1.88. The van der Waals surface area contributed by atoms with Gasteiger partial charge < -0.3 is 5.32 Å². The summed E-state index contributed by atoms with van der Waals surface area (Å²) in [5.41, 5.74) is 4.78. The fourth-order valence-corrected chi connectivity index (χ4v) is 4.40. The van der Waals surface area contributed by atoms with Crippen molar-refractivity contribution in [3.8, 4) is 5.69 Å². The van der Waals surface area contributed by atoms with Gasteiger partial charge in [-0.1, -0.05) is 60.1 Å². The van der Waals surface area contributed by atoms with Crippen LogP contribution in [0.3, 0.4) is 0 Å². The first kappa shape index (κ1) is 19.7. The van der Waals surface area contributed by atoms with E-state index in [4.69, 9.17) is 0 Å². The predicted molar refractivity (Wildman–Crippen MR) is 116 cm³/mol. The minimum absolute atomic E-state index is 0.129. The number of aryl methyl sites for hydroxylation is 2. The molecule has 6 heteroatoms. The molecule has 0 bridgehead atoms. The third kappa shape index (κ3) is 4.53.